The molecule has 3 aromatic carbocycles. The summed E-state index contributed by atoms with van der Waals surface area (Å²) in [7, 11) is 0. The molecule has 1 aromatic heterocycles. The topological polar surface area (TPSA) is 68.5 Å². The van der Waals surface area contributed by atoms with E-state index in [0.717, 1.165) is 28.3 Å². The Bertz CT molecular complexity index is 1250. The van der Waals surface area contributed by atoms with Gasteiger partial charge in [0.2, 0.25) is 0 Å². The third-order valence-corrected chi connectivity index (χ3v) is 4.84. The maximum Gasteiger partial charge on any atom is 0.271 e. The molecule has 0 aliphatic carbocycles. The van der Waals surface area contributed by atoms with Crippen LogP contribution in [0.15, 0.2) is 90.0 Å². The largest absolute Gasteiger partial charge is 0.457 e. The highest BCUT2D eigenvalue weighted by molar-refractivity contribution is 5.95. The van der Waals surface area contributed by atoms with Crippen molar-refractivity contribution in [2.24, 2.45) is 5.10 Å². The van der Waals surface area contributed by atoms with Crippen molar-refractivity contribution in [3.63, 3.8) is 0 Å². The lowest BCUT2D eigenvalue weighted by atomic mass is 10.1. The fourth-order valence-electron chi connectivity index (χ4n) is 3.33. The van der Waals surface area contributed by atoms with E-state index in [1.807, 2.05) is 97.4 Å². The van der Waals surface area contributed by atoms with Crippen molar-refractivity contribution in [3.05, 3.63) is 113 Å². The predicted molar refractivity (Wildman–Crippen MR) is 125 cm³/mol. The molecule has 4 aromatic rings. The highest BCUT2D eigenvalue weighted by atomic mass is 16.5. The van der Waals surface area contributed by atoms with Gasteiger partial charge < -0.3 is 4.74 Å². The van der Waals surface area contributed by atoms with Crippen LogP contribution in [0.25, 0.3) is 0 Å². The number of amides is 1. The van der Waals surface area contributed by atoms with Crippen LogP contribution in [0.1, 0.15) is 32.9 Å². The van der Waals surface area contributed by atoms with Crippen molar-refractivity contribution in [1.29, 1.82) is 0 Å². The lowest BCUT2D eigenvalue weighted by Crippen LogP contribution is -2.18. The van der Waals surface area contributed by atoms with E-state index in [9.17, 15) is 4.79 Å². The van der Waals surface area contributed by atoms with Crippen molar-refractivity contribution in [1.82, 2.24) is 15.2 Å². The number of hydrogen-bond donors (Lipinski definition) is 1. The second-order valence-corrected chi connectivity index (χ2v) is 7.47. The van der Waals surface area contributed by atoms with Gasteiger partial charge in [0.15, 0.2) is 0 Å². The van der Waals surface area contributed by atoms with Gasteiger partial charge in [-0.25, -0.2) is 5.43 Å². The number of nitrogens with one attached hydrogen (secondary N) is 1. The van der Waals surface area contributed by atoms with Gasteiger partial charge in [0.25, 0.3) is 5.91 Å². The third kappa shape index (κ3) is 5.49. The monoisotopic (exact) mass is 424 g/mol. The first kappa shape index (κ1) is 21.1. The lowest BCUT2D eigenvalue weighted by Gasteiger charge is -2.07. The van der Waals surface area contributed by atoms with Crippen LogP contribution < -0.4 is 10.2 Å². The smallest absolute Gasteiger partial charge is 0.271 e. The third-order valence-electron chi connectivity index (χ3n) is 4.84. The molecule has 0 fully saturated rings. The Labute approximate surface area is 187 Å². The number of carbonyl (C=O) groups excluding carboxylic acids is 1. The summed E-state index contributed by atoms with van der Waals surface area (Å²) in [5, 5.41) is 8.58. The van der Waals surface area contributed by atoms with Gasteiger partial charge in [0.1, 0.15) is 11.5 Å². The number of aromatic nitrogens is 2. The van der Waals surface area contributed by atoms with Crippen LogP contribution in [0.3, 0.4) is 0 Å². The minimum absolute atomic E-state index is 0.270. The quantitative estimate of drug-likeness (QED) is 0.331. The molecule has 4 rings (SSSR count). The lowest BCUT2D eigenvalue weighted by molar-refractivity contribution is 0.0955. The first-order valence-electron chi connectivity index (χ1n) is 10.3. The maximum atomic E-state index is 12.5. The molecule has 0 radical (unpaired) electrons. The standard InChI is InChI=1S/C26H24N4O2/c1-19-14-20(2)30(29-19)18-22-9-6-10-23(15-22)26(31)28-27-17-21-8-7-13-25(16-21)32-24-11-4-3-5-12-24/h3-17H,18H2,1-2H3,(H,28,31)/b27-17-. The number of rotatable bonds is 7. The Kier molecular flexibility index (Phi) is 6.41. The van der Waals surface area contributed by atoms with Gasteiger partial charge in [-0.2, -0.15) is 10.2 Å². The molecule has 0 bridgehead atoms. The molecular formula is C26H24N4O2. The summed E-state index contributed by atoms with van der Waals surface area (Å²) in [6.07, 6.45) is 1.59. The summed E-state index contributed by atoms with van der Waals surface area (Å²) in [5.74, 6) is 1.19. The minimum atomic E-state index is -0.270. The van der Waals surface area contributed by atoms with Crippen molar-refractivity contribution >= 4 is 12.1 Å². The molecule has 1 heterocycles. The van der Waals surface area contributed by atoms with Crippen LogP contribution in [-0.2, 0) is 6.54 Å². The summed E-state index contributed by atoms with van der Waals surface area (Å²) >= 11 is 0. The van der Waals surface area contributed by atoms with Crippen molar-refractivity contribution in [3.8, 4) is 11.5 Å². The van der Waals surface area contributed by atoms with Crippen molar-refractivity contribution < 1.29 is 9.53 Å². The molecule has 0 unspecified atom stereocenters. The molecule has 6 heteroatoms. The maximum absolute atomic E-state index is 12.5. The van der Waals surface area contributed by atoms with E-state index in [4.69, 9.17) is 4.74 Å². The van der Waals surface area contributed by atoms with Crippen LogP contribution >= 0.6 is 0 Å². The SMILES string of the molecule is Cc1cc(C)n(Cc2cccc(C(=O)N/N=C\c3cccc(Oc4ccccc4)c3)c2)n1. The normalized spacial score (nSPS) is 10.9. The Morgan fingerprint density at radius 3 is 2.53 bits per heavy atom. The Morgan fingerprint density at radius 2 is 1.75 bits per heavy atom. The average molecular weight is 425 g/mol. The zero-order valence-electron chi connectivity index (χ0n) is 18.0. The number of aryl methyl sites for hydroxylation is 2. The van der Waals surface area contributed by atoms with E-state index < -0.39 is 0 Å². The molecule has 1 N–H and O–H groups in total. The second-order valence-electron chi connectivity index (χ2n) is 7.47. The summed E-state index contributed by atoms with van der Waals surface area (Å²) in [4.78, 5) is 12.5. The van der Waals surface area contributed by atoms with Gasteiger partial charge in [-0.15, -0.1) is 0 Å². The number of ether oxygens (including phenoxy) is 1. The van der Waals surface area contributed by atoms with Gasteiger partial charge in [0, 0.05) is 11.3 Å². The Balaban J connectivity index is 1.38. The summed E-state index contributed by atoms with van der Waals surface area (Å²) in [6.45, 7) is 4.60. The number of nitrogens with zero attached hydrogens (tertiary/aromatic N) is 3. The Morgan fingerprint density at radius 1 is 0.969 bits per heavy atom. The minimum Gasteiger partial charge on any atom is -0.457 e. The molecule has 0 saturated carbocycles. The van der Waals surface area contributed by atoms with E-state index in [1.165, 1.54) is 0 Å². The van der Waals surface area contributed by atoms with Crippen LogP contribution in [0.2, 0.25) is 0 Å². The highest BCUT2D eigenvalue weighted by Crippen LogP contribution is 2.21. The van der Waals surface area contributed by atoms with Gasteiger partial charge in [-0.3, -0.25) is 9.48 Å². The highest BCUT2D eigenvalue weighted by Gasteiger charge is 2.07. The van der Waals surface area contributed by atoms with E-state index in [2.05, 4.69) is 15.6 Å². The molecule has 32 heavy (non-hydrogen) atoms. The fourth-order valence-corrected chi connectivity index (χ4v) is 3.33. The van der Waals surface area contributed by atoms with E-state index in [1.54, 1.807) is 12.3 Å². The molecule has 0 atom stereocenters. The van der Waals surface area contributed by atoms with Crippen LogP contribution in [0, 0.1) is 13.8 Å². The molecule has 0 aliphatic heterocycles. The molecule has 0 aliphatic rings. The van der Waals surface area contributed by atoms with Crippen molar-refractivity contribution in [2.75, 3.05) is 0 Å². The van der Waals surface area contributed by atoms with Gasteiger partial charge in [-0.05, 0) is 67.4 Å². The van der Waals surface area contributed by atoms with Gasteiger partial charge >= 0.3 is 0 Å². The van der Waals surface area contributed by atoms with Gasteiger partial charge in [-0.1, -0.05) is 42.5 Å². The zero-order valence-corrected chi connectivity index (χ0v) is 18.0. The number of para-hydroxylation sites is 1. The molecule has 0 saturated heterocycles. The summed E-state index contributed by atoms with van der Waals surface area (Å²) in [5.41, 5.74) is 7.01. The van der Waals surface area contributed by atoms with Crippen LogP contribution in [0.4, 0.5) is 0 Å². The Hall–Kier alpha value is -4.19. The zero-order chi connectivity index (χ0) is 22.3. The fraction of sp³-hybridized carbons (Fsp3) is 0.115. The van der Waals surface area contributed by atoms with E-state index >= 15 is 0 Å². The number of hydrogen-bond acceptors (Lipinski definition) is 4. The molecule has 1 amide bonds. The number of hydrazone groups is 1. The van der Waals surface area contributed by atoms with Crippen LogP contribution in [0.5, 0.6) is 11.5 Å². The van der Waals surface area contributed by atoms with Crippen molar-refractivity contribution in [2.45, 2.75) is 20.4 Å². The number of carbonyl (C=O) groups is 1. The second kappa shape index (κ2) is 9.75. The molecular weight excluding hydrogens is 400 g/mol. The van der Waals surface area contributed by atoms with Crippen LogP contribution in [-0.4, -0.2) is 21.9 Å². The predicted octanol–water partition coefficient (Wildman–Crippen LogP) is 5.10. The first-order valence-corrected chi connectivity index (χ1v) is 10.3. The molecule has 6 nitrogen and oxygen atoms in total. The van der Waals surface area contributed by atoms with E-state index in [-0.39, 0.29) is 5.91 Å². The van der Waals surface area contributed by atoms with E-state index in [0.29, 0.717) is 17.9 Å². The molecule has 160 valence electrons. The van der Waals surface area contributed by atoms with Gasteiger partial charge in [0.05, 0.1) is 18.5 Å². The summed E-state index contributed by atoms with van der Waals surface area (Å²) < 4.78 is 7.76. The first-order chi connectivity index (χ1) is 15.6. The number of benzene rings is 3. The summed E-state index contributed by atoms with van der Waals surface area (Å²) in [6, 6.07) is 26.6. The molecule has 0 spiro atoms. The average Bonchev–Trinajstić information content (AvgIpc) is 3.11.